The number of likely N-dealkylation sites (N-methyl/N-ethyl adjacent to an activating group) is 1. The lowest BCUT2D eigenvalue weighted by Gasteiger charge is -2.25. The molecule has 0 saturated carbocycles. The first-order valence-electron chi connectivity index (χ1n) is 4.90. The van der Waals surface area contributed by atoms with Crippen molar-refractivity contribution in [3.8, 4) is 0 Å². The second-order valence-corrected chi connectivity index (χ2v) is 4.31. The van der Waals surface area contributed by atoms with Gasteiger partial charge in [0.15, 0.2) is 0 Å². The summed E-state index contributed by atoms with van der Waals surface area (Å²) in [5.74, 6) is 2.36. The van der Waals surface area contributed by atoms with Crippen LogP contribution in [0.3, 0.4) is 0 Å². The van der Waals surface area contributed by atoms with Crippen LogP contribution in [0.15, 0.2) is 0 Å². The van der Waals surface area contributed by atoms with Crippen LogP contribution in [0.25, 0.3) is 0 Å². The Morgan fingerprint density at radius 2 is 2.00 bits per heavy atom. The molecule has 80 valence electrons. The molecule has 0 amide bonds. The molecule has 0 bridgehead atoms. The number of thiol groups is 1. The predicted octanol–water partition coefficient (Wildman–Crippen LogP) is 1.77. The van der Waals surface area contributed by atoms with Crippen LogP contribution in [0.5, 0.6) is 0 Å². The Kier molecular flexibility index (Phi) is 7.81. The van der Waals surface area contributed by atoms with E-state index in [1.165, 1.54) is 0 Å². The molecular weight excluding hydrogens is 182 g/mol. The molecule has 0 radical (unpaired) electrons. The molecule has 0 aliphatic carbocycles. The zero-order valence-electron chi connectivity index (χ0n) is 9.29. The average molecular weight is 205 g/mol. The van der Waals surface area contributed by atoms with Crippen LogP contribution >= 0.6 is 12.6 Å². The van der Waals surface area contributed by atoms with Gasteiger partial charge in [0, 0.05) is 20.2 Å². The summed E-state index contributed by atoms with van der Waals surface area (Å²) in [6.07, 6.45) is 0. The molecule has 13 heavy (non-hydrogen) atoms. The van der Waals surface area contributed by atoms with Crippen LogP contribution in [-0.4, -0.2) is 44.5 Å². The van der Waals surface area contributed by atoms with Crippen LogP contribution < -0.4 is 0 Å². The Labute approximate surface area is 88.1 Å². The summed E-state index contributed by atoms with van der Waals surface area (Å²) in [4.78, 5) is 2.31. The Morgan fingerprint density at radius 1 is 1.38 bits per heavy atom. The van der Waals surface area contributed by atoms with E-state index < -0.39 is 0 Å². The van der Waals surface area contributed by atoms with Gasteiger partial charge in [-0.1, -0.05) is 13.8 Å². The molecule has 0 rings (SSSR count). The van der Waals surface area contributed by atoms with E-state index >= 15 is 0 Å². The van der Waals surface area contributed by atoms with Crippen molar-refractivity contribution < 1.29 is 4.74 Å². The molecule has 2 nitrogen and oxygen atoms in total. The van der Waals surface area contributed by atoms with Gasteiger partial charge in [0.25, 0.3) is 0 Å². The van der Waals surface area contributed by atoms with Crippen molar-refractivity contribution in [1.29, 1.82) is 0 Å². The van der Waals surface area contributed by atoms with Crippen molar-refractivity contribution >= 4 is 12.6 Å². The highest BCUT2D eigenvalue weighted by molar-refractivity contribution is 7.80. The second-order valence-electron chi connectivity index (χ2n) is 3.94. The quantitative estimate of drug-likeness (QED) is 0.636. The summed E-state index contributed by atoms with van der Waals surface area (Å²) in [5, 5.41) is 0. The maximum Gasteiger partial charge on any atom is 0.0589 e. The van der Waals surface area contributed by atoms with Crippen LogP contribution in [0.1, 0.15) is 13.8 Å². The van der Waals surface area contributed by atoms with Crippen LogP contribution in [0.4, 0.5) is 0 Å². The molecule has 1 unspecified atom stereocenters. The second kappa shape index (κ2) is 7.65. The lowest BCUT2D eigenvalue weighted by atomic mass is 9.97. The summed E-state index contributed by atoms with van der Waals surface area (Å²) in [7, 11) is 3.88. The van der Waals surface area contributed by atoms with Gasteiger partial charge in [-0.05, 0) is 24.6 Å². The molecule has 0 saturated heterocycles. The molecule has 0 N–H and O–H groups in total. The summed E-state index contributed by atoms with van der Waals surface area (Å²) >= 11 is 4.36. The highest BCUT2D eigenvalue weighted by Crippen LogP contribution is 2.13. The van der Waals surface area contributed by atoms with Gasteiger partial charge in [-0.15, -0.1) is 0 Å². The molecule has 0 aromatic heterocycles. The fraction of sp³-hybridized carbons (Fsp3) is 1.00. The van der Waals surface area contributed by atoms with Crippen LogP contribution in [0, 0.1) is 11.8 Å². The standard InChI is InChI=1S/C10H23NOS/c1-9(2)10(8-13)7-11(3)5-6-12-4/h9-10,13H,5-8H2,1-4H3. The van der Waals surface area contributed by atoms with E-state index in [0.717, 1.165) is 25.4 Å². The number of rotatable bonds is 7. The largest absolute Gasteiger partial charge is 0.383 e. The molecule has 0 spiro atoms. The van der Waals surface area contributed by atoms with Gasteiger partial charge in [-0.3, -0.25) is 0 Å². The number of hydrogen-bond acceptors (Lipinski definition) is 3. The predicted molar refractivity (Wildman–Crippen MR) is 61.6 cm³/mol. The molecule has 0 heterocycles. The van der Waals surface area contributed by atoms with E-state index in [2.05, 4.69) is 38.4 Å². The van der Waals surface area contributed by atoms with Gasteiger partial charge in [0.05, 0.1) is 6.61 Å². The number of methoxy groups -OCH3 is 1. The Bertz CT molecular complexity index is 119. The number of ether oxygens (including phenoxy) is 1. The minimum atomic E-state index is 0.685. The van der Waals surface area contributed by atoms with Gasteiger partial charge in [-0.2, -0.15) is 12.6 Å². The Balaban J connectivity index is 3.66. The molecule has 0 aliphatic rings. The monoisotopic (exact) mass is 205 g/mol. The minimum Gasteiger partial charge on any atom is -0.383 e. The maximum absolute atomic E-state index is 5.03. The maximum atomic E-state index is 5.03. The third-order valence-electron chi connectivity index (χ3n) is 2.40. The summed E-state index contributed by atoms with van der Waals surface area (Å²) in [6.45, 7) is 7.45. The van der Waals surface area contributed by atoms with E-state index in [9.17, 15) is 0 Å². The fourth-order valence-electron chi connectivity index (χ4n) is 1.22. The normalized spacial score (nSPS) is 14.1. The first-order valence-corrected chi connectivity index (χ1v) is 5.53. The first-order chi connectivity index (χ1) is 6.11. The minimum absolute atomic E-state index is 0.685. The third kappa shape index (κ3) is 6.36. The van der Waals surface area contributed by atoms with Crippen molar-refractivity contribution in [3.05, 3.63) is 0 Å². The molecule has 1 atom stereocenters. The number of nitrogens with zero attached hydrogens (tertiary/aromatic N) is 1. The molecule has 3 heteroatoms. The first kappa shape index (κ1) is 13.3. The Morgan fingerprint density at radius 3 is 2.38 bits per heavy atom. The van der Waals surface area contributed by atoms with Gasteiger partial charge in [-0.25, -0.2) is 0 Å². The summed E-state index contributed by atoms with van der Waals surface area (Å²) < 4.78 is 5.03. The van der Waals surface area contributed by atoms with Crippen LogP contribution in [0.2, 0.25) is 0 Å². The topological polar surface area (TPSA) is 12.5 Å². The van der Waals surface area contributed by atoms with Gasteiger partial charge >= 0.3 is 0 Å². The van der Waals surface area contributed by atoms with E-state index in [-0.39, 0.29) is 0 Å². The van der Waals surface area contributed by atoms with Crippen molar-refractivity contribution in [2.24, 2.45) is 11.8 Å². The summed E-state index contributed by atoms with van der Waals surface area (Å²) in [6, 6.07) is 0. The number of hydrogen-bond donors (Lipinski definition) is 1. The van der Waals surface area contributed by atoms with E-state index in [1.807, 2.05) is 0 Å². The van der Waals surface area contributed by atoms with Crippen molar-refractivity contribution in [3.63, 3.8) is 0 Å². The Hall–Kier alpha value is 0.270. The molecule has 0 fully saturated rings. The molecular formula is C10H23NOS. The van der Waals surface area contributed by atoms with Crippen molar-refractivity contribution in [2.45, 2.75) is 13.8 Å². The van der Waals surface area contributed by atoms with Gasteiger partial charge in [0.1, 0.15) is 0 Å². The van der Waals surface area contributed by atoms with Crippen molar-refractivity contribution in [2.75, 3.05) is 39.6 Å². The van der Waals surface area contributed by atoms with E-state index in [1.54, 1.807) is 7.11 Å². The van der Waals surface area contributed by atoms with E-state index in [4.69, 9.17) is 4.74 Å². The van der Waals surface area contributed by atoms with Crippen molar-refractivity contribution in [1.82, 2.24) is 4.90 Å². The average Bonchev–Trinajstić information content (AvgIpc) is 2.10. The molecule has 0 aromatic carbocycles. The molecule has 0 aliphatic heterocycles. The highest BCUT2D eigenvalue weighted by Gasteiger charge is 2.13. The van der Waals surface area contributed by atoms with Crippen LogP contribution in [-0.2, 0) is 4.74 Å². The fourth-order valence-corrected chi connectivity index (χ4v) is 1.76. The zero-order chi connectivity index (χ0) is 10.3. The summed E-state index contributed by atoms with van der Waals surface area (Å²) in [5.41, 5.74) is 0. The lowest BCUT2D eigenvalue weighted by molar-refractivity contribution is 0.149. The SMILES string of the molecule is COCCN(C)CC(CS)C(C)C. The molecule has 0 aromatic rings. The smallest absolute Gasteiger partial charge is 0.0589 e. The van der Waals surface area contributed by atoms with E-state index in [0.29, 0.717) is 11.8 Å². The highest BCUT2D eigenvalue weighted by atomic mass is 32.1. The van der Waals surface area contributed by atoms with Gasteiger partial charge < -0.3 is 9.64 Å². The lowest BCUT2D eigenvalue weighted by Crippen LogP contribution is -2.31. The third-order valence-corrected chi connectivity index (χ3v) is 2.87. The zero-order valence-corrected chi connectivity index (χ0v) is 10.2. The van der Waals surface area contributed by atoms with Gasteiger partial charge in [0.2, 0.25) is 0 Å².